The van der Waals surface area contributed by atoms with Crippen molar-refractivity contribution in [3.05, 3.63) is 88.1 Å². The smallest absolute Gasteiger partial charge is 0.358 e. The van der Waals surface area contributed by atoms with Crippen LogP contribution < -0.4 is 0 Å². The molecule has 2 aromatic heterocycles. The molecule has 0 atom stereocenters. The van der Waals surface area contributed by atoms with Crippen molar-refractivity contribution in [1.82, 2.24) is 19.6 Å². The second-order valence-electron chi connectivity index (χ2n) is 6.76. The highest BCUT2D eigenvalue weighted by molar-refractivity contribution is 5.69. The Morgan fingerprint density at radius 1 is 0.893 bits per heavy atom. The molecule has 0 radical (unpaired) electrons. The fourth-order valence-corrected chi connectivity index (χ4v) is 3.01. The Kier molecular flexibility index (Phi) is 4.49. The molecule has 0 N–H and O–H groups in total. The summed E-state index contributed by atoms with van der Waals surface area (Å²) in [5.74, 6) is -0.178. The first-order valence-corrected chi connectivity index (χ1v) is 8.89. The molecule has 4 rings (SSSR count). The van der Waals surface area contributed by atoms with Gasteiger partial charge in [-0.3, -0.25) is 0 Å². The van der Waals surface area contributed by atoms with Crippen LogP contribution in [0.1, 0.15) is 11.1 Å². The Morgan fingerprint density at radius 2 is 1.50 bits per heavy atom. The lowest BCUT2D eigenvalue weighted by molar-refractivity contribution is -0.389. The van der Waals surface area contributed by atoms with Gasteiger partial charge in [0, 0.05) is 5.56 Å². The van der Waals surface area contributed by atoms with E-state index in [1.54, 1.807) is 6.20 Å². The number of nitro groups is 1. The van der Waals surface area contributed by atoms with E-state index in [-0.39, 0.29) is 12.5 Å². The first-order chi connectivity index (χ1) is 13.5. The maximum absolute atomic E-state index is 10.9. The Balaban J connectivity index is 1.76. The number of hydrogen-bond acceptors (Lipinski definition) is 4. The molecule has 7 heteroatoms. The molecule has 0 amide bonds. The molecule has 2 heterocycles. The summed E-state index contributed by atoms with van der Waals surface area (Å²) in [6, 6.07) is 19.8. The molecule has 0 aliphatic heterocycles. The standard InChI is InChI=1S/C21H19N5O2/c1-15-3-7-17(8-4-15)19-13-20(18-9-5-16(2)6-10-18)25(22-19)14-24-12-11-21(23-24)26(27)28/h3-13H,14H2,1-2H3. The van der Waals surface area contributed by atoms with Gasteiger partial charge in [-0.2, -0.15) is 9.78 Å². The van der Waals surface area contributed by atoms with Gasteiger partial charge < -0.3 is 10.1 Å². The average Bonchev–Trinajstić information content (AvgIpc) is 3.31. The highest BCUT2D eigenvalue weighted by Crippen LogP contribution is 2.27. The predicted molar refractivity (Wildman–Crippen MR) is 107 cm³/mol. The van der Waals surface area contributed by atoms with E-state index in [1.807, 2.05) is 48.9 Å². The van der Waals surface area contributed by atoms with Crippen molar-refractivity contribution in [3.63, 3.8) is 0 Å². The van der Waals surface area contributed by atoms with Crippen LogP contribution in [0.4, 0.5) is 5.82 Å². The lowest BCUT2D eigenvalue weighted by Crippen LogP contribution is -2.11. The van der Waals surface area contributed by atoms with E-state index in [2.05, 4.69) is 29.4 Å². The van der Waals surface area contributed by atoms with Gasteiger partial charge in [0.25, 0.3) is 0 Å². The summed E-state index contributed by atoms with van der Waals surface area (Å²) in [5, 5.41) is 19.7. The van der Waals surface area contributed by atoms with Gasteiger partial charge in [0.15, 0.2) is 6.67 Å². The molecule has 0 aliphatic carbocycles. The van der Waals surface area contributed by atoms with Gasteiger partial charge in [0.1, 0.15) is 0 Å². The molecule has 0 saturated carbocycles. The maximum Gasteiger partial charge on any atom is 0.389 e. The molecule has 0 saturated heterocycles. The molecular formula is C21H19N5O2. The molecule has 0 bridgehead atoms. The summed E-state index contributed by atoms with van der Waals surface area (Å²) in [6.45, 7) is 4.37. The summed E-state index contributed by atoms with van der Waals surface area (Å²) in [4.78, 5) is 10.4. The van der Waals surface area contributed by atoms with E-state index in [0.717, 1.165) is 22.5 Å². The van der Waals surface area contributed by atoms with Crippen LogP contribution in [-0.4, -0.2) is 24.5 Å². The first-order valence-electron chi connectivity index (χ1n) is 8.89. The van der Waals surface area contributed by atoms with E-state index in [9.17, 15) is 10.1 Å². The molecule has 0 spiro atoms. The van der Waals surface area contributed by atoms with E-state index in [1.165, 1.54) is 21.9 Å². The van der Waals surface area contributed by atoms with E-state index < -0.39 is 4.92 Å². The van der Waals surface area contributed by atoms with Crippen molar-refractivity contribution < 1.29 is 4.92 Å². The summed E-state index contributed by atoms with van der Waals surface area (Å²) in [6.07, 6.45) is 1.59. The molecule has 0 fully saturated rings. The van der Waals surface area contributed by atoms with E-state index in [4.69, 9.17) is 5.10 Å². The van der Waals surface area contributed by atoms with E-state index >= 15 is 0 Å². The number of hydrogen-bond donors (Lipinski definition) is 0. The molecular weight excluding hydrogens is 354 g/mol. The van der Waals surface area contributed by atoms with Crippen molar-refractivity contribution in [2.75, 3.05) is 0 Å². The van der Waals surface area contributed by atoms with Crippen molar-refractivity contribution in [1.29, 1.82) is 0 Å². The molecule has 2 aromatic carbocycles. The normalized spacial score (nSPS) is 10.9. The van der Waals surface area contributed by atoms with Crippen molar-refractivity contribution in [3.8, 4) is 22.5 Å². The van der Waals surface area contributed by atoms with Crippen LogP contribution in [-0.2, 0) is 6.67 Å². The van der Waals surface area contributed by atoms with Gasteiger partial charge in [0.2, 0.25) is 0 Å². The lowest BCUT2D eigenvalue weighted by atomic mass is 10.1. The van der Waals surface area contributed by atoms with Gasteiger partial charge in [-0.1, -0.05) is 59.7 Å². The SMILES string of the molecule is Cc1ccc(-c2cc(-c3ccc(C)cc3)n(Cn3ccc([N+](=O)[O-])n3)n2)cc1. The monoisotopic (exact) mass is 373 g/mol. The molecule has 0 aliphatic rings. The zero-order valence-corrected chi connectivity index (χ0v) is 15.6. The minimum atomic E-state index is -0.502. The fourth-order valence-electron chi connectivity index (χ4n) is 3.01. The third-order valence-corrected chi connectivity index (χ3v) is 4.57. The van der Waals surface area contributed by atoms with Crippen LogP contribution in [0.3, 0.4) is 0 Å². The highest BCUT2D eigenvalue weighted by Gasteiger charge is 2.15. The van der Waals surface area contributed by atoms with Crippen LogP contribution >= 0.6 is 0 Å². The summed E-state index contributed by atoms with van der Waals surface area (Å²) in [7, 11) is 0. The molecule has 140 valence electrons. The van der Waals surface area contributed by atoms with Crippen LogP contribution in [0.15, 0.2) is 66.9 Å². The third-order valence-electron chi connectivity index (χ3n) is 4.57. The zero-order chi connectivity index (χ0) is 19.7. The van der Waals surface area contributed by atoms with Gasteiger partial charge in [-0.25, -0.2) is 4.68 Å². The Bertz CT molecular complexity index is 1120. The second kappa shape index (κ2) is 7.11. The second-order valence-corrected chi connectivity index (χ2v) is 6.76. The predicted octanol–water partition coefficient (Wildman–Crippen LogP) is 4.44. The lowest BCUT2D eigenvalue weighted by Gasteiger charge is -2.06. The largest absolute Gasteiger partial charge is 0.389 e. The fraction of sp³-hybridized carbons (Fsp3) is 0.143. The number of aryl methyl sites for hydroxylation is 2. The van der Waals surface area contributed by atoms with Gasteiger partial charge in [-0.15, -0.1) is 0 Å². The minimum absolute atomic E-state index is 0.178. The Labute approximate surface area is 162 Å². The molecule has 0 unspecified atom stereocenters. The quantitative estimate of drug-likeness (QED) is 0.382. The Morgan fingerprint density at radius 3 is 2.07 bits per heavy atom. The summed E-state index contributed by atoms with van der Waals surface area (Å²) >= 11 is 0. The first kappa shape index (κ1) is 17.7. The molecule has 4 aromatic rings. The Hall–Kier alpha value is -3.74. The average molecular weight is 373 g/mol. The van der Waals surface area contributed by atoms with Crippen LogP contribution in [0.5, 0.6) is 0 Å². The van der Waals surface area contributed by atoms with Crippen LogP contribution in [0, 0.1) is 24.0 Å². The summed E-state index contributed by atoms with van der Waals surface area (Å²) in [5.41, 5.74) is 6.18. The van der Waals surface area contributed by atoms with E-state index in [0.29, 0.717) is 0 Å². The minimum Gasteiger partial charge on any atom is -0.358 e. The molecule has 28 heavy (non-hydrogen) atoms. The zero-order valence-electron chi connectivity index (χ0n) is 15.6. The van der Waals surface area contributed by atoms with Crippen molar-refractivity contribution >= 4 is 5.82 Å². The van der Waals surface area contributed by atoms with Gasteiger partial charge in [-0.05, 0) is 30.4 Å². The summed E-state index contributed by atoms with van der Waals surface area (Å²) < 4.78 is 3.33. The van der Waals surface area contributed by atoms with Crippen molar-refractivity contribution in [2.24, 2.45) is 0 Å². The maximum atomic E-state index is 10.9. The van der Waals surface area contributed by atoms with Crippen molar-refractivity contribution in [2.45, 2.75) is 20.5 Å². The van der Waals surface area contributed by atoms with Crippen LogP contribution in [0.2, 0.25) is 0 Å². The highest BCUT2D eigenvalue weighted by atomic mass is 16.6. The van der Waals surface area contributed by atoms with Crippen LogP contribution in [0.25, 0.3) is 22.5 Å². The van der Waals surface area contributed by atoms with Gasteiger partial charge >= 0.3 is 5.82 Å². The van der Waals surface area contributed by atoms with Gasteiger partial charge in [0.05, 0.1) is 28.7 Å². The topological polar surface area (TPSA) is 78.8 Å². The number of rotatable bonds is 5. The number of nitrogens with zero attached hydrogens (tertiary/aromatic N) is 5. The number of benzene rings is 2. The molecule has 7 nitrogen and oxygen atoms in total. The number of aromatic nitrogens is 4. The third kappa shape index (κ3) is 3.55.